The quantitative estimate of drug-likeness (QED) is 0.319. The molecule has 0 bridgehead atoms. The molecule has 0 aliphatic heterocycles. The molecule has 1 aromatic heterocycles. The second-order valence-electron chi connectivity index (χ2n) is 6.63. The van der Waals surface area contributed by atoms with Gasteiger partial charge < -0.3 is 9.47 Å². The maximum absolute atomic E-state index is 11.0. The first-order chi connectivity index (χ1) is 9.85. The summed E-state index contributed by atoms with van der Waals surface area (Å²) < 4.78 is 12.5. The maximum Gasteiger partial charge on any atom is 0.350 e. The van der Waals surface area contributed by atoms with Crippen molar-refractivity contribution >= 4 is 13.8 Å². The van der Waals surface area contributed by atoms with Crippen molar-refractivity contribution in [2.45, 2.75) is 57.8 Å². The van der Waals surface area contributed by atoms with E-state index in [9.17, 15) is 10.1 Å². The molecule has 1 fully saturated rings. The van der Waals surface area contributed by atoms with E-state index in [0.717, 1.165) is 25.3 Å². The predicted molar refractivity (Wildman–Crippen MR) is 81.3 cm³/mol. The highest BCUT2D eigenvalue weighted by molar-refractivity contribution is 6.76. The minimum absolute atomic E-state index is 0.0693. The van der Waals surface area contributed by atoms with Crippen LogP contribution in [0, 0.1) is 10.1 Å². The summed E-state index contributed by atoms with van der Waals surface area (Å²) in [7, 11) is -1.13. The van der Waals surface area contributed by atoms with Crippen molar-refractivity contribution in [2.75, 3.05) is 6.61 Å². The minimum atomic E-state index is -1.13. The largest absolute Gasteiger partial charge is 0.468 e. The lowest BCUT2D eigenvalue weighted by Crippen LogP contribution is -2.25. The lowest BCUT2D eigenvalue weighted by molar-refractivity contribution is -0.386. The highest BCUT2D eigenvalue weighted by Crippen LogP contribution is 2.30. The van der Waals surface area contributed by atoms with E-state index in [-0.39, 0.29) is 24.4 Å². The van der Waals surface area contributed by atoms with Gasteiger partial charge in [-0.15, -0.1) is 5.10 Å². The molecule has 0 unspecified atom stereocenters. The monoisotopic (exact) mass is 313 g/mol. The van der Waals surface area contributed by atoms with E-state index in [0.29, 0.717) is 6.61 Å². The fraction of sp³-hybridized carbons (Fsp3) is 0.769. The van der Waals surface area contributed by atoms with Gasteiger partial charge in [0.15, 0.2) is 0 Å². The molecule has 0 atom stereocenters. The summed E-state index contributed by atoms with van der Waals surface area (Å²) in [5, 5.41) is 15.1. The van der Waals surface area contributed by atoms with Crippen molar-refractivity contribution < 1.29 is 14.4 Å². The van der Waals surface area contributed by atoms with Crippen molar-refractivity contribution in [1.29, 1.82) is 0 Å². The first-order valence-electron chi connectivity index (χ1n) is 7.31. The normalized spacial score (nSPS) is 15.8. The third-order valence-electron chi connectivity index (χ3n) is 3.46. The molecule has 8 heteroatoms. The topological polar surface area (TPSA) is 79.4 Å². The number of aromatic nitrogens is 2. The average Bonchev–Trinajstić information content (AvgIpc) is 2.72. The SMILES string of the molecule is C[Si](C)(C)CCOCn1cc([N+](=O)[O-])c(OC2CCC2)n1. The van der Waals surface area contributed by atoms with E-state index in [1.54, 1.807) is 0 Å². The van der Waals surface area contributed by atoms with Gasteiger partial charge in [0.25, 0.3) is 0 Å². The van der Waals surface area contributed by atoms with E-state index >= 15 is 0 Å². The Hall–Kier alpha value is -1.41. The van der Waals surface area contributed by atoms with Gasteiger partial charge in [0.2, 0.25) is 0 Å². The second-order valence-corrected chi connectivity index (χ2v) is 12.3. The van der Waals surface area contributed by atoms with Crippen LogP contribution < -0.4 is 4.74 Å². The zero-order valence-corrected chi connectivity index (χ0v) is 13.9. The Balaban J connectivity index is 1.90. The summed E-state index contributed by atoms with van der Waals surface area (Å²) in [6.45, 7) is 7.71. The van der Waals surface area contributed by atoms with E-state index in [1.165, 1.54) is 10.9 Å². The van der Waals surface area contributed by atoms with Crippen LogP contribution in [0.25, 0.3) is 0 Å². The molecule has 0 amide bonds. The molecule has 118 valence electrons. The van der Waals surface area contributed by atoms with Crippen LogP contribution >= 0.6 is 0 Å². The fourth-order valence-corrected chi connectivity index (χ4v) is 2.61. The molecule has 1 aliphatic carbocycles. The highest BCUT2D eigenvalue weighted by Gasteiger charge is 2.27. The number of hydrogen-bond acceptors (Lipinski definition) is 5. The van der Waals surface area contributed by atoms with Gasteiger partial charge in [0.05, 0.1) is 4.92 Å². The van der Waals surface area contributed by atoms with Crippen LogP contribution in [-0.4, -0.2) is 35.5 Å². The van der Waals surface area contributed by atoms with Gasteiger partial charge in [0, 0.05) is 14.7 Å². The molecule has 7 nitrogen and oxygen atoms in total. The molecule has 0 spiro atoms. The Kier molecular flexibility index (Phi) is 4.99. The van der Waals surface area contributed by atoms with Crippen LogP contribution in [0.2, 0.25) is 25.7 Å². The van der Waals surface area contributed by atoms with Crippen molar-refractivity contribution in [3.8, 4) is 5.88 Å². The summed E-state index contributed by atoms with van der Waals surface area (Å²) in [6, 6.07) is 1.06. The van der Waals surface area contributed by atoms with Crippen LogP contribution in [0.15, 0.2) is 6.20 Å². The van der Waals surface area contributed by atoms with E-state index in [1.807, 2.05) is 0 Å². The lowest BCUT2D eigenvalue weighted by atomic mass is 9.96. The van der Waals surface area contributed by atoms with Gasteiger partial charge in [-0.25, -0.2) is 4.68 Å². The molecule has 0 N–H and O–H groups in total. The number of rotatable bonds is 8. The second kappa shape index (κ2) is 6.57. The Morgan fingerprint density at radius 1 is 1.48 bits per heavy atom. The third kappa shape index (κ3) is 4.82. The summed E-state index contributed by atoms with van der Waals surface area (Å²) in [6.07, 6.45) is 4.44. The summed E-state index contributed by atoms with van der Waals surface area (Å²) in [5.41, 5.74) is -0.0873. The molecule has 1 aromatic rings. The van der Waals surface area contributed by atoms with Crippen molar-refractivity contribution in [3.05, 3.63) is 16.3 Å². The van der Waals surface area contributed by atoms with E-state index in [4.69, 9.17) is 9.47 Å². The summed E-state index contributed by atoms with van der Waals surface area (Å²) in [5.74, 6) is 0.110. The summed E-state index contributed by atoms with van der Waals surface area (Å²) >= 11 is 0. The number of ether oxygens (including phenoxy) is 2. The van der Waals surface area contributed by atoms with Gasteiger partial charge in [-0.05, 0) is 25.3 Å². The van der Waals surface area contributed by atoms with Crippen molar-refractivity contribution in [2.24, 2.45) is 0 Å². The smallest absolute Gasteiger partial charge is 0.350 e. The maximum atomic E-state index is 11.0. The number of nitrogens with zero attached hydrogens (tertiary/aromatic N) is 3. The molecule has 0 saturated heterocycles. The first kappa shape index (κ1) is 16.0. The molecule has 1 aliphatic rings. The van der Waals surface area contributed by atoms with Crippen LogP contribution in [0.1, 0.15) is 19.3 Å². The summed E-state index contributed by atoms with van der Waals surface area (Å²) in [4.78, 5) is 10.6. The number of hydrogen-bond donors (Lipinski definition) is 0. The standard InChI is InChI=1S/C13H23N3O4Si/c1-21(2,3)8-7-19-10-15-9-12(16(17)18)13(14-15)20-11-5-4-6-11/h9,11H,4-8,10H2,1-3H3. The van der Waals surface area contributed by atoms with Crippen LogP contribution in [0.5, 0.6) is 5.88 Å². The van der Waals surface area contributed by atoms with E-state index in [2.05, 4.69) is 24.7 Å². The highest BCUT2D eigenvalue weighted by atomic mass is 28.3. The zero-order chi connectivity index (χ0) is 15.5. The zero-order valence-electron chi connectivity index (χ0n) is 12.9. The lowest BCUT2D eigenvalue weighted by Gasteiger charge is -2.24. The predicted octanol–water partition coefficient (Wildman–Crippen LogP) is 3.03. The third-order valence-corrected chi connectivity index (χ3v) is 5.16. The molecule has 2 rings (SSSR count). The van der Waals surface area contributed by atoms with Crippen LogP contribution in [-0.2, 0) is 11.5 Å². The molecule has 1 heterocycles. The van der Waals surface area contributed by atoms with Crippen molar-refractivity contribution in [3.63, 3.8) is 0 Å². The Morgan fingerprint density at radius 2 is 2.19 bits per heavy atom. The van der Waals surface area contributed by atoms with Crippen molar-refractivity contribution in [1.82, 2.24) is 9.78 Å². The van der Waals surface area contributed by atoms with Gasteiger partial charge in [-0.2, -0.15) is 0 Å². The van der Waals surface area contributed by atoms with Gasteiger partial charge in [-0.3, -0.25) is 10.1 Å². The Labute approximate surface area is 125 Å². The Bertz CT molecular complexity index is 494. The molecule has 1 saturated carbocycles. The molecular weight excluding hydrogens is 290 g/mol. The molecule has 0 aromatic carbocycles. The molecular formula is C13H23N3O4Si. The van der Waals surface area contributed by atoms with Gasteiger partial charge in [0.1, 0.15) is 19.0 Å². The van der Waals surface area contributed by atoms with Gasteiger partial charge in [-0.1, -0.05) is 19.6 Å². The first-order valence-corrected chi connectivity index (χ1v) is 11.0. The van der Waals surface area contributed by atoms with E-state index < -0.39 is 13.0 Å². The van der Waals surface area contributed by atoms with Gasteiger partial charge >= 0.3 is 11.6 Å². The Morgan fingerprint density at radius 3 is 2.71 bits per heavy atom. The van der Waals surface area contributed by atoms with Crippen LogP contribution in [0.3, 0.4) is 0 Å². The molecule has 0 radical (unpaired) electrons. The van der Waals surface area contributed by atoms with Crippen LogP contribution in [0.4, 0.5) is 5.69 Å². The number of nitro groups is 1. The molecule has 21 heavy (non-hydrogen) atoms. The minimum Gasteiger partial charge on any atom is -0.468 e. The fourth-order valence-electron chi connectivity index (χ4n) is 1.85. The average molecular weight is 313 g/mol.